The number of hydrogen-bond donors (Lipinski definition) is 1. The molecule has 0 heterocycles. The molecule has 0 fully saturated rings. The van der Waals surface area contributed by atoms with Crippen LogP contribution in [0.3, 0.4) is 0 Å². The van der Waals surface area contributed by atoms with Crippen LogP contribution in [0.15, 0.2) is 24.3 Å². The van der Waals surface area contributed by atoms with Crippen LogP contribution in [-0.4, -0.2) is 11.6 Å². The van der Waals surface area contributed by atoms with Crippen molar-refractivity contribution in [1.29, 1.82) is 0 Å². The Balaban J connectivity index is 2.91. The monoisotopic (exact) mass is 263 g/mol. The number of carbonyl (C=O) groups is 1. The van der Waals surface area contributed by atoms with E-state index < -0.39 is 5.60 Å². The van der Waals surface area contributed by atoms with Crippen molar-refractivity contribution in [2.24, 2.45) is 11.7 Å². The molecule has 0 aliphatic heterocycles. The summed E-state index contributed by atoms with van der Waals surface area (Å²) in [5.41, 5.74) is 7.26. The molecule has 0 aliphatic rings. The smallest absolute Gasteiger partial charge is 0.338 e. The fraction of sp³-hybridized carbons (Fsp3) is 0.562. The van der Waals surface area contributed by atoms with Crippen molar-refractivity contribution in [2.45, 2.75) is 52.7 Å². The third-order valence-corrected chi connectivity index (χ3v) is 3.16. The number of rotatable bonds is 4. The molecule has 0 radical (unpaired) electrons. The molecule has 3 heteroatoms. The number of benzene rings is 1. The second-order valence-corrected chi connectivity index (χ2v) is 6.04. The van der Waals surface area contributed by atoms with Gasteiger partial charge in [-0.1, -0.05) is 32.4 Å². The van der Waals surface area contributed by atoms with Crippen molar-refractivity contribution in [2.75, 3.05) is 0 Å². The van der Waals surface area contributed by atoms with Crippen LogP contribution in [0, 0.1) is 5.92 Å². The lowest BCUT2D eigenvalue weighted by Crippen LogP contribution is -2.24. The first kappa shape index (κ1) is 15.7. The molecule has 0 spiro atoms. The molecule has 0 saturated carbocycles. The van der Waals surface area contributed by atoms with E-state index in [-0.39, 0.29) is 12.0 Å². The average molecular weight is 263 g/mol. The normalized spacial score (nSPS) is 14.8. The Bertz CT molecular complexity index is 435. The zero-order valence-corrected chi connectivity index (χ0v) is 12.6. The van der Waals surface area contributed by atoms with Crippen LogP contribution in [0.2, 0.25) is 0 Å². The third kappa shape index (κ3) is 4.67. The lowest BCUT2D eigenvalue weighted by molar-refractivity contribution is 0.00694. The third-order valence-electron chi connectivity index (χ3n) is 3.16. The minimum atomic E-state index is -0.480. The number of esters is 1. The zero-order valence-electron chi connectivity index (χ0n) is 12.6. The highest BCUT2D eigenvalue weighted by Crippen LogP contribution is 2.23. The molecule has 2 atom stereocenters. The predicted molar refractivity (Wildman–Crippen MR) is 78.0 cm³/mol. The van der Waals surface area contributed by atoms with Gasteiger partial charge in [-0.3, -0.25) is 0 Å². The molecule has 0 saturated heterocycles. The van der Waals surface area contributed by atoms with Crippen molar-refractivity contribution in [3.63, 3.8) is 0 Å². The number of ether oxygens (including phenoxy) is 1. The Morgan fingerprint density at radius 2 is 2.00 bits per heavy atom. The van der Waals surface area contributed by atoms with E-state index in [2.05, 4.69) is 13.8 Å². The summed E-state index contributed by atoms with van der Waals surface area (Å²) < 4.78 is 5.37. The molecular weight excluding hydrogens is 238 g/mol. The highest BCUT2D eigenvalue weighted by Gasteiger charge is 2.19. The van der Waals surface area contributed by atoms with E-state index in [1.165, 1.54) is 0 Å². The summed E-state index contributed by atoms with van der Waals surface area (Å²) in [6.45, 7) is 9.81. The Hall–Kier alpha value is -1.35. The molecule has 1 aromatic carbocycles. The predicted octanol–water partition coefficient (Wildman–Crippen LogP) is 3.69. The Morgan fingerprint density at radius 1 is 1.37 bits per heavy atom. The van der Waals surface area contributed by atoms with Gasteiger partial charge in [0.05, 0.1) is 5.56 Å². The van der Waals surface area contributed by atoms with Crippen molar-refractivity contribution >= 4 is 5.97 Å². The van der Waals surface area contributed by atoms with Crippen LogP contribution >= 0.6 is 0 Å². The highest BCUT2D eigenvalue weighted by molar-refractivity contribution is 5.89. The lowest BCUT2D eigenvalue weighted by atomic mass is 9.92. The van der Waals surface area contributed by atoms with E-state index in [0.717, 1.165) is 12.0 Å². The van der Waals surface area contributed by atoms with Crippen LogP contribution in [0.1, 0.15) is 63.0 Å². The van der Waals surface area contributed by atoms with Gasteiger partial charge in [0.15, 0.2) is 0 Å². The highest BCUT2D eigenvalue weighted by atomic mass is 16.6. The van der Waals surface area contributed by atoms with Gasteiger partial charge in [-0.15, -0.1) is 0 Å². The number of hydrogen-bond acceptors (Lipinski definition) is 3. The second-order valence-electron chi connectivity index (χ2n) is 6.04. The van der Waals surface area contributed by atoms with Gasteiger partial charge in [-0.05, 0) is 44.4 Å². The lowest BCUT2D eigenvalue weighted by Gasteiger charge is -2.21. The summed E-state index contributed by atoms with van der Waals surface area (Å²) in [6, 6.07) is 7.38. The fourth-order valence-electron chi connectivity index (χ4n) is 1.79. The van der Waals surface area contributed by atoms with Gasteiger partial charge in [0.2, 0.25) is 0 Å². The summed E-state index contributed by atoms with van der Waals surface area (Å²) >= 11 is 0. The summed E-state index contributed by atoms with van der Waals surface area (Å²) in [6.07, 6.45) is 1.01. The van der Waals surface area contributed by atoms with Crippen molar-refractivity contribution in [3.8, 4) is 0 Å². The van der Waals surface area contributed by atoms with Gasteiger partial charge in [0, 0.05) is 6.04 Å². The average Bonchev–Trinajstić information content (AvgIpc) is 2.35. The topological polar surface area (TPSA) is 52.3 Å². The maximum atomic E-state index is 12.0. The van der Waals surface area contributed by atoms with Gasteiger partial charge in [0.25, 0.3) is 0 Å². The molecule has 2 unspecified atom stereocenters. The maximum absolute atomic E-state index is 12.0. The minimum Gasteiger partial charge on any atom is -0.456 e. The SMILES string of the molecule is CCC(C)C(N)c1cccc(C(=O)OC(C)(C)C)c1. The van der Waals surface area contributed by atoms with Crippen molar-refractivity contribution in [3.05, 3.63) is 35.4 Å². The van der Waals surface area contributed by atoms with Crippen LogP contribution in [0.25, 0.3) is 0 Å². The van der Waals surface area contributed by atoms with E-state index in [9.17, 15) is 4.79 Å². The maximum Gasteiger partial charge on any atom is 0.338 e. The second kappa shape index (κ2) is 6.20. The van der Waals surface area contributed by atoms with Crippen molar-refractivity contribution < 1.29 is 9.53 Å². The van der Waals surface area contributed by atoms with Crippen LogP contribution < -0.4 is 5.73 Å². The summed E-state index contributed by atoms with van der Waals surface area (Å²) in [4.78, 5) is 12.0. The van der Waals surface area contributed by atoms with Gasteiger partial charge in [0.1, 0.15) is 5.60 Å². The van der Waals surface area contributed by atoms with E-state index in [1.807, 2.05) is 39.0 Å². The first-order chi connectivity index (χ1) is 8.74. The Labute approximate surface area is 116 Å². The first-order valence-electron chi connectivity index (χ1n) is 6.83. The number of nitrogens with two attached hydrogens (primary N) is 1. The molecule has 1 rings (SSSR count). The first-order valence-corrected chi connectivity index (χ1v) is 6.83. The van der Waals surface area contributed by atoms with E-state index in [1.54, 1.807) is 6.07 Å². The van der Waals surface area contributed by atoms with Crippen LogP contribution in [0.5, 0.6) is 0 Å². The molecule has 0 bridgehead atoms. The largest absolute Gasteiger partial charge is 0.456 e. The van der Waals surface area contributed by atoms with Gasteiger partial charge >= 0.3 is 5.97 Å². The molecule has 106 valence electrons. The Morgan fingerprint density at radius 3 is 2.53 bits per heavy atom. The van der Waals surface area contributed by atoms with Crippen LogP contribution in [0.4, 0.5) is 0 Å². The van der Waals surface area contributed by atoms with Gasteiger partial charge < -0.3 is 10.5 Å². The molecule has 0 aliphatic carbocycles. The van der Waals surface area contributed by atoms with Gasteiger partial charge in [-0.2, -0.15) is 0 Å². The minimum absolute atomic E-state index is 0.0487. The van der Waals surface area contributed by atoms with E-state index >= 15 is 0 Å². The quantitative estimate of drug-likeness (QED) is 0.843. The van der Waals surface area contributed by atoms with Crippen LogP contribution in [-0.2, 0) is 4.74 Å². The standard InChI is InChI=1S/C16H25NO2/c1-6-11(2)14(17)12-8-7-9-13(10-12)15(18)19-16(3,4)5/h7-11,14H,6,17H2,1-5H3. The van der Waals surface area contributed by atoms with E-state index in [4.69, 9.17) is 10.5 Å². The molecule has 3 nitrogen and oxygen atoms in total. The summed E-state index contributed by atoms with van der Waals surface area (Å²) in [5.74, 6) is 0.0830. The molecule has 19 heavy (non-hydrogen) atoms. The summed E-state index contributed by atoms with van der Waals surface area (Å²) in [5, 5.41) is 0. The molecular formula is C16H25NO2. The molecule has 0 amide bonds. The van der Waals surface area contributed by atoms with Crippen molar-refractivity contribution in [1.82, 2.24) is 0 Å². The molecule has 0 aromatic heterocycles. The fourth-order valence-corrected chi connectivity index (χ4v) is 1.79. The molecule has 1 aromatic rings. The Kier molecular flexibility index (Phi) is 5.12. The number of carbonyl (C=O) groups excluding carboxylic acids is 1. The summed E-state index contributed by atoms with van der Waals surface area (Å²) in [7, 11) is 0. The van der Waals surface area contributed by atoms with Gasteiger partial charge in [-0.25, -0.2) is 4.79 Å². The molecule has 2 N–H and O–H groups in total. The van der Waals surface area contributed by atoms with E-state index in [0.29, 0.717) is 11.5 Å². The zero-order chi connectivity index (χ0) is 14.6.